The molecule has 100 valence electrons. The van der Waals surface area contributed by atoms with Crippen LogP contribution in [0.2, 0.25) is 0 Å². The molecule has 0 bridgehead atoms. The van der Waals surface area contributed by atoms with E-state index in [1.807, 2.05) is 6.07 Å². The van der Waals surface area contributed by atoms with Crippen LogP contribution in [0.15, 0.2) is 6.07 Å². The van der Waals surface area contributed by atoms with E-state index in [4.69, 9.17) is 9.47 Å². The standard InChI is InChI=1S/C13H21N3O2/c1-3-5-11-15-12(14-6-4-2)7-13(16-11)18-10-8-17-9-10/h7,10H,3-6,8-9H2,1-2H3,(H,14,15,16). The van der Waals surface area contributed by atoms with Gasteiger partial charge in [-0.15, -0.1) is 0 Å². The maximum atomic E-state index is 5.74. The summed E-state index contributed by atoms with van der Waals surface area (Å²) in [5.41, 5.74) is 0. The van der Waals surface area contributed by atoms with Crippen molar-refractivity contribution in [2.75, 3.05) is 25.1 Å². The average Bonchev–Trinajstić information content (AvgIpc) is 2.32. The van der Waals surface area contributed by atoms with Crippen LogP contribution in [0.3, 0.4) is 0 Å². The van der Waals surface area contributed by atoms with E-state index in [-0.39, 0.29) is 6.10 Å². The SMILES string of the molecule is CCCNc1cc(OC2COC2)nc(CCC)n1. The largest absolute Gasteiger partial charge is 0.469 e. The fourth-order valence-corrected chi connectivity index (χ4v) is 1.67. The Kier molecular flexibility index (Phi) is 4.75. The number of nitrogens with one attached hydrogen (secondary N) is 1. The Morgan fingerprint density at radius 3 is 2.78 bits per heavy atom. The number of hydrogen-bond acceptors (Lipinski definition) is 5. The van der Waals surface area contributed by atoms with Crippen LogP contribution >= 0.6 is 0 Å². The lowest BCUT2D eigenvalue weighted by atomic mass is 10.3. The molecule has 0 aliphatic carbocycles. The van der Waals surface area contributed by atoms with Crippen molar-refractivity contribution in [3.8, 4) is 5.88 Å². The molecule has 1 aliphatic heterocycles. The fraction of sp³-hybridized carbons (Fsp3) is 0.692. The fourth-order valence-electron chi connectivity index (χ4n) is 1.67. The molecule has 2 heterocycles. The second-order valence-electron chi connectivity index (χ2n) is 4.46. The van der Waals surface area contributed by atoms with Gasteiger partial charge in [0.05, 0.1) is 13.2 Å². The summed E-state index contributed by atoms with van der Waals surface area (Å²) in [6.45, 7) is 6.48. The molecule has 1 fully saturated rings. The van der Waals surface area contributed by atoms with Gasteiger partial charge in [-0.05, 0) is 12.8 Å². The third kappa shape index (κ3) is 3.57. The van der Waals surface area contributed by atoms with Crippen LogP contribution in [0.4, 0.5) is 5.82 Å². The van der Waals surface area contributed by atoms with E-state index in [2.05, 4.69) is 29.1 Å². The van der Waals surface area contributed by atoms with E-state index in [1.54, 1.807) is 0 Å². The minimum atomic E-state index is 0.147. The smallest absolute Gasteiger partial charge is 0.219 e. The molecule has 5 heteroatoms. The van der Waals surface area contributed by atoms with Crippen LogP contribution < -0.4 is 10.1 Å². The predicted octanol–water partition coefficient (Wildman–Crippen LogP) is 2.03. The highest BCUT2D eigenvalue weighted by Crippen LogP contribution is 2.18. The first kappa shape index (κ1) is 13.1. The summed E-state index contributed by atoms with van der Waals surface area (Å²) in [5, 5.41) is 3.28. The highest BCUT2D eigenvalue weighted by Gasteiger charge is 2.21. The second-order valence-corrected chi connectivity index (χ2v) is 4.46. The molecule has 18 heavy (non-hydrogen) atoms. The number of anilines is 1. The Balaban J connectivity index is 2.07. The molecular weight excluding hydrogens is 230 g/mol. The van der Waals surface area contributed by atoms with E-state index >= 15 is 0 Å². The van der Waals surface area contributed by atoms with Crippen molar-refractivity contribution < 1.29 is 9.47 Å². The van der Waals surface area contributed by atoms with Gasteiger partial charge in [0.25, 0.3) is 0 Å². The summed E-state index contributed by atoms with van der Waals surface area (Å²) < 4.78 is 10.8. The number of aromatic nitrogens is 2. The zero-order valence-corrected chi connectivity index (χ0v) is 11.1. The maximum Gasteiger partial charge on any atom is 0.219 e. The van der Waals surface area contributed by atoms with Gasteiger partial charge in [-0.25, -0.2) is 4.98 Å². The lowest BCUT2D eigenvalue weighted by Crippen LogP contribution is -2.38. The molecule has 1 aliphatic rings. The van der Waals surface area contributed by atoms with E-state index in [0.29, 0.717) is 19.1 Å². The summed E-state index contributed by atoms with van der Waals surface area (Å²) >= 11 is 0. The Morgan fingerprint density at radius 1 is 1.33 bits per heavy atom. The topological polar surface area (TPSA) is 56.3 Å². The molecule has 0 amide bonds. The first-order chi connectivity index (χ1) is 8.81. The molecule has 1 saturated heterocycles. The van der Waals surface area contributed by atoms with Crippen molar-refractivity contribution in [1.29, 1.82) is 0 Å². The van der Waals surface area contributed by atoms with Gasteiger partial charge in [0, 0.05) is 19.0 Å². The Bertz CT molecular complexity index is 380. The van der Waals surface area contributed by atoms with Gasteiger partial charge in [0.15, 0.2) is 0 Å². The van der Waals surface area contributed by atoms with Gasteiger partial charge >= 0.3 is 0 Å². The summed E-state index contributed by atoms with van der Waals surface area (Å²) in [6.07, 6.45) is 3.12. The average molecular weight is 251 g/mol. The minimum absolute atomic E-state index is 0.147. The molecule has 0 aromatic carbocycles. The van der Waals surface area contributed by atoms with Gasteiger partial charge in [-0.2, -0.15) is 4.98 Å². The van der Waals surface area contributed by atoms with Gasteiger partial charge < -0.3 is 14.8 Å². The summed E-state index contributed by atoms with van der Waals surface area (Å²) in [4.78, 5) is 8.90. The molecule has 0 unspecified atom stereocenters. The molecule has 0 spiro atoms. The van der Waals surface area contributed by atoms with Crippen molar-refractivity contribution >= 4 is 5.82 Å². The van der Waals surface area contributed by atoms with Crippen LogP contribution in [0.5, 0.6) is 5.88 Å². The lowest BCUT2D eigenvalue weighted by Gasteiger charge is -2.26. The van der Waals surface area contributed by atoms with E-state index in [0.717, 1.165) is 37.4 Å². The zero-order chi connectivity index (χ0) is 12.8. The lowest BCUT2D eigenvalue weighted by molar-refractivity contribution is -0.0814. The monoisotopic (exact) mass is 251 g/mol. The van der Waals surface area contributed by atoms with Crippen LogP contribution in [0, 0.1) is 0 Å². The van der Waals surface area contributed by atoms with Crippen molar-refractivity contribution in [3.05, 3.63) is 11.9 Å². The molecule has 0 atom stereocenters. The van der Waals surface area contributed by atoms with Crippen LogP contribution in [0.25, 0.3) is 0 Å². The van der Waals surface area contributed by atoms with Crippen LogP contribution in [0.1, 0.15) is 32.5 Å². The number of ether oxygens (including phenoxy) is 2. The first-order valence-corrected chi connectivity index (χ1v) is 6.68. The normalized spacial score (nSPS) is 15.2. The highest BCUT2D eigenvalue weighted by atomic mass is 16.6. The van der Waals surface area contributed by atoms with E-state index in [9.17, 15) is 0 Å². The Labute approximate surface area is 108 Å². The van der Waals surface area contributed by atoms with Gasteiger partial charge in [-0.1, -0.05) is 13.8 Å². The maximum absolute atomic E-state index is 5.74. The summed E-state index contributed by atoms with van der Waals surface area (Å²) in [5.74, 6) is 2.35. The summed E-state index contributed by atoms with van der Waals surface area (Å²) in [6, 6.07) is 1.87. The van der Waals surface area contributed by atoms with E-state index in [1.165, 1.54) is 0 Å². The van der Waals surface area contributed by atoms with Gasteiger partial charge in [0.2, 0.25) is 5.88 Å². The van der Waals surface area contributed by atoms with Crippen molar-refractivity contribution in [3.63, 3.8) is 0 Å². The molecule has 1 aromatic rings. The highest BCUT2D eigenvalue weighted by molar-refractivity contribution is 5.38. The Hall–Kier alpha value is -1.36. The number of aryl methyl sites for hydroxylation is 1. The van der Waals surface area contributed by atoms with Gasteiger partial charge in [0.1, 0.15) is 17.7 Å². The molecule has 0 radical (unpaired) electrons. The first-order valence-electron chi connectivity index (χ1n) is 6.68. The second kappa shape index (κ2) is 6.54. The summed E-state index contributed by atoms with van der Waals surface area (Å²) in [7, 11) is 0. The van der Waals surface area contributed by atoms with Crippen molar-refractivity contribution in [2.24, 2.45) is 0 Å². The number of rotatable bonds is 7. The van der Waals surface area contributed by atoms with Gasteiger partial charge in [-0.3, -0.25) is 0 Å². The molecule has 2 rings (SSSR count). The molecule has 0 saturated carbocycles. The zero-order valence-electron chi connectivity index (χ0n) is 11.1. The predicted molar refractivity (Wildman–Crippen MR) is 70.0 cm³/mol. The Morgan fingerprint density at radius 2 is 2.17 bits per heavy atom. The molecule has 1 N–H and O–H groups in total. The number of nitrogens with zero attached hydrogens (tertiary/aromatic N) is 2. The quantitative estimate of drug-likeness (QED) is 0.803. The van der Waals surface area contributed by atoms with Crippen LogP contribution in [-0.4, -0.2) is 35.8 Å². The van der Waals surface area contributed by atoms with Crippen LogP contribution in [-0.2, 0) is 11.2 Å². The third-order valence-corrected chi connectivity index (χ3v) is 2.67. The number of hydrogen-bond donors (Lipinski definition) is 1. The minimum Gasteiger partial charge on any atom is -0.469 e. The molecule has 1 aromatic heterocycles. The third-order valence-electron chi connectivity index (χ3n) is 2.67. The van der Waals surface area contributed by atoms with Crippen molar-refractivity contribution in [1.82, 2.24) is 9.97 Å². The molecule has 5 nitrogen and oxygen atoms in total. The van der Waals surface area contributed by atoms with Crippen molar-refractivity contribution in [2.45, 2.75) is 39.2 Å². The molecular formula is C13H21N3O2. The van der Waals surface area contributed by atoms with E-state index < -0.39 is 0 Å².